The fourth-order valence-electron chi connectivity index (χ4n) is 9.67. The number of nitrogens with one attached hydrogen (secondary N) is 1. The van der Waals surface area contributed by atoms with E-state index in [1.54, 1.807) is 18.3 Å². The van der Waals surface area contributed by atoms with Gasteiger partial charge in [0.15, 0.2) is 5.78 Å². The maximum Gasteiger partial charge on any atom is 0.175 e. The van der Waals surface area contributed by atoms with Crippen molar-refractivity contribution in [3.05, 3.63) is 78.3 Å². The van der Waals surface area contributed by atoms with E-state index < -0.39 is 17.1 Å². The number of hydrogen-bond donors (Lipinski definition) is 3. The van der Waals surface area contributed by atoms with Gasteiger partial charge >= 0.3 is 0 Å². The minimum Gasteiger partial charge on any atom is -0.393 e. The zero-order valence-electron chi connectivity index (χ0n) is 25.7. The number of aliphatic hydroxyl groups is 2. The van der Waals surface area contributed by atoms with Crippen molar-refractivity contribution < 1.29 is 19.4 Å². The van der Waals surface area contributed by atoms with Crippen molar-refractivity contribution >= 4 is 45.9 Å². The molecule has 3 aromatic rings. The highest BCUT2D eigenvalue weighted by atomic mass is 32.2. The van der Waals surface area contributed by atoms with E-state index in [1.807, 2.05) is 37.3 Å². The van der Waals surface area contributed by atoms with Crippen LogP contribution in [0.5, 0.6) is 0 Å². The molecule has 1 aromatic heterocycles. The van der Waals surface area contributed by atoms with E-state index in [9.17, 15) is 19.4 Å². The van der Waals surface area contributed by atoms with Gasteiger partial charge in [-0.3, -0.25) is 9.79 Å². The number of aromatic nitrogens is 1. The number of aliphatic hydroxyl groups excluding tert-OH is 1. The first-order valence-electron chi connectivity index (χ1n) is 16.0. The monoisotopic (exact) mass is 625 g/mol. The van der Waals surface area contributed by atoms with Crippen LogP contribution in [0.15, 0.2) is 82.5 Å². The van der Waals surface area contributed by atoms with Gasteiger partial charge in [-0.2, -0.15) is 0 Å². The summed E-state index contributed by atoms with van der Waals surface area (Å²) in [4.78, 5) is 23.3. The molecule has 2 aromatic carbocycles. The number of allylic oxidation sites excluding steroid dienone is 2. The van der Waals surface area contributed by atoms with E-state index in [0.29, 0.717) is 24.9 Å². The van der Waals surface area contributed by atoms with E-state index in [2.05, 4.69) is 18.0 Å². The number of fused-ring (bicyclic) bond motifs is 6. The molecule has 3 saturated carbocycles. The number of pyridine rings is 1. The number of carbonyl (C=O) groups excluding carboxylic acids is 1. The molecule has 0 aliphatic heterocycles. The van der Waals surface area contributed by atoms with E-state index in [4.69, 9.17) is 10.4 Å². The summed E-state index contributed by atoms with van der Waals surface area (Å²) in [5.74, 6) is -0.324. The predicted molar refractivity (Wildman–Crippen MR) is 177 cm³/mol. The molecule has 45 heavy (non-hydrogen) atoms. The summed E-state index contributed by atoms with van der Waals surface area (Å²) in [5, 5.41) is 35.3. The third-order valence-electron chi connectivity index (χ3n) is 11.9. The van der Waals surface area contributed by atoms with Gasteiger partial charge in [-0.25, -0.2) is 9.37 Å². The van der Waals surface area contributed by atoms with Crippen LogP contribution in [0.3, 0.4) is 0 Å². The Balaban J connectivity index is 1.14. The van der Waals surface area contributed by atoms with Crippen molar-refractivity contribution in [1.29, 1.82) is 5.41 Å². The molecule has 0 bridgehead atoms. The Morgan fingerprint density at radius 1 is 1.13 bits per heavy atom. The standard InChI is InChI=1S/C37H40FN3O3S/c1-35-18-23(20-39)30(41-26-10-8-25(38)9-11-26)17-24(35)7-12-28-29-13-15-37(44,36(29,2)19-31(42)33(28)35)32(43)21-45-34-27-6-4-3-5-22(27)14-16-40-34/h3-6,8-11,14,16-17,20,23,28-29,31,33,39,42,44H,7,12-13,15,18-19,21H2,1-2H3. The van der Waals surface area contributed by atoms with Crippen LogP contribution in [-0.2, 0) is 4.79 Å². The third kappa shape index (κ3) is 4.83. The van der Waals surface area contributed by atoms with Gasteiger partial charge in [0.05, 0.1) is 17.5 Å². The number of thioether (sulfide) groups is 1. The Morgan fingerprint density at radius 2 is 1.91 bits per heavy atom. The Hall–Kier alpha value is -3.20. The smallest absolute Gasteiger partial charge is 0.175 e. The largest absolute Gasteiger partial charge is 0.393 e. The van der Waals surface area contributed by atoms with Gasteiger partial charge in [-0.15, -0.1) is 0 Å². The van der Waals surface area contributed by atoms with E-state index in [-0.39, 0.29) is 46.4 Å². The molecule has 1 heterocycles. The van der Waals surface area contributed by atoms with Crippen molar-refractivity contribution in [2.24, 2.45) is 39.5 Å². The zero-order chi connectivity index (χ0) is 31.6. The molecule has 8 heteroatoms. The van der Waals surface area contributed by atoms with Crippen LogP contribution in [0, 0.1) is 45.7 Å². The molecule has 3 fully saturated rings. The van der Waals surface area contributed by atoms with E-state index >= 15 is 0 Å². The number of hydrogen-bond acceptors (Lipinski definition) is 7. The Labute approximate surface area is 267 Å². The molecule has 0 saturated heterocycles. The van der Waals surface area contributed by atoms with Crippen LogP contribution in [0.2, 0.25) is 0 Å². The summed E-state index contributed by atoms with van der Waals surface area (Å²) in [7, 11) is 0. The first kappa shape index (κ1) is 30.5. The van der Waals surface area contributed by atoms with Gasteiger partial charge in [-0.1, -0.05) is 55.4 Å². The number of ketones is 1. The molecule has 234 valence electrons. The minimum atomic E-state index is -1.50. The van der Waals surface area contributed by atoms with E-state index in [0.717, 1.165) is 40.8 Å². The Kier molecular flexibility index (Phi) is 7.61. The molecule has 4 aliphatic rings. The van der Waals surface area contributed by atoms with Crippen LogP contribution >= 0.6 is 11.8 Å². The molecular formula is C37H40FN3O3S. The van der Waals surface area contributed by atoms with Gasteiger partial charge in [0.1, 0.15) is 16.4 Å². The summed E-state index contributed by atoms with van der Waals surface area (Å²) >= 11 is 1.38. The summed E-state index contributed by atoms with van der Waals surface area (Å²) in [6.45, 7) is 4.26. The molecule has 3 N–H and O–H groups in total. The topological polar surface area (TPSA) is 107 Å². The van der Waals surface area contributed by atoms with Crippen molar-refractivity contribution in [3.8, 4) is 0 Å². The highest BCUT2D eigenvalue weighted by molar-refractivity contribution is 8.00. The predicted octanol–water partition coefficient (Wildman–Crippen LogP) is 7.35. The highest BCUT2D eigenvalue weighted by Crippen LogP contribution is 2.68. The fourth-order valence-corrected chi connectivity index (χ4v) is 10.7. The SMILES string of the molecule is CC12CC(C=N)C(=Nc3ccc(F)cc3)C=C1CCC1C2C(O)CC2(C)C1CCC2(O)C(=O)CSc1nccc2ccccc12. The second-order valence-corrected chi connectivity index (χ2v) is 15.0. The molecule has 8 atom stereocenters. The molecular weight excluding hydrogens is 585 g/mol. The molecule has 4 aliphatic carbocycles. The molecule has 8 unspecified atom stereocenters. The summed E-state index contributed by atoms with van der Waals surface area (Å²) in [6, 6.07) is 16.0. The van der Waals surface area contributed by atoms with Crippen molar-refractivity contribution in [1.82, 2.24) is 4.98 Å². The van der Waals surface area contributed by atoms with Crippen LogP contribution in [0.4, 0.5) is 10.1 Å². The molecule has 0 amide bonds. The maximum absolute atomic E-state index is 13.9. The second kappa shape index (κ2) is 11.2. The lowest BCUT2D eigenvalue weighted by molar-refractivity contribution is -0.178. The Bertz CT molecular complexity index is 1720. The number of benzene rings is 2. The van der Waals surface area contributed by atoms with Crippen LogP contribution in [0.1, 0.15) is 52.4 Å². The minimum absolute atomic E-state index is 0.0305. The van der Waals surface area contributed by atoms with Crippen molar-refractivity contribution in [3.63, 3.8) is 0 Å². The Morgan fingerprint density at radius 3 is 2.69 bits per heavy atom. The van der Waals surface area contributed by atoms with Gasteiger partial charge in [-0.05, 0) is 103 Å². The van der Waals surface area contributed by atoms with Gasteiger partial charge in [0, 0.05) is 34.8 Å². The summed E-state index contributed by atoms with van der Waals surface area (Å²) in [5.41, 5.74) is 0.154. The lowest BCUT2D eigenvalue weighted by Crippen LogP contribution is -2.62. The fraction of sp³-hybridized carbons (Fsp3) is 0.459. The van der Waals surface area contributed by atoms with Gasteiger partial charge < -0.3 is 15.6 Å². The molecule has 6 nitrogen and oxygen atoms in total. The summed E-state index contributed by atoms with van der Waals surface area (Å²) < 4.78 is 13.5. The van der Waals surface area contributed by atoms with Crippen LogP contribution in [0.25, 0.3) is 10.8 Å². The van der Waals surface area contributed by atoms with Crippen molar-refractivity contribution in [2.45, 2.75) is 69.1 Å². The lowest BCUT2D eigenvalue weighted by atomic mass is 9.45. The lowest BCUT2D eigenvalue weighted by Gasteiger charge is -2.61. The van der Waals surface area contributed by atoms with Gasteiger partial charge in [0.25, 0.3) is 0 Å². The first-order chi connectivity index (χ1) is 21.6. The van der Waals surface area contributed by atoms with Crippen LogP contribution < -0.4 is 0 Å². The van der Waals surface area contributed by atoms with E-state index in [1.165, 1.54) is 35.7 Å². The maximum atomic E-state index is 13.9. The number of carbonyl (C=O) groups is 1. The molecule has 0 spiro atoms. The normalized spacial score (nSPS) is 36.6. The average molecular weight is 626 g/mol. The zero-order valence-corrected chi connectivity index (χ0v) is 26.6. The van der Waals surface area contributed by atoms with Crippen molar-refractivity contribution in [2.75, 3.05) is 5.75 Å². The van der Waals surface area contributed by atoms with Crippen LogP contribution in [-0.4, -0.2) is 50.4 Å². The first-order valence-corrected chi connectivity index (χ1v) is 17.0. The quantitative estimate of drug-likeness (QED) is 0.196. The number of Topliss-reactive ketones (excluding diaryl/α,β-unsaturated/α-hetero) is 1. The summed E-state index contributed by atoms with van der Waals surface area (Å²) in [6.07, 6.45) is 8.55. The number of halogens is 1. The highest BCUT2D eigenvalue weighted by Gasteiger charge is 2.68. The van der Waals surface area contributed by atoms with Gasteiger partial charge in [0.2, 0.25) is 0 Å². The number of aliphatic imine (C=N–C) groups is 1. The third-order valence-corrected chi connectivity index (χ3v) is 12.9. The number of nitrogens with zero attached hydrogens (tertiary/aromatic N) is 2. The number of rotatable bonds is 6. The molecule has 0 radical (unpaired) electrons. The average Bonchev–Trinajstić information content (AvgIpc) is 3.31. The molecule has 7 rings (SSSR count). The second-order valence-electron chi connectivity index (χ2n) is 14.0.